The SMILES string of the molecule is C=CCn1c(=NC(=O)c2ccc(S(=O)(=O)N3CCCCC3C)cc2)sc2cc(C(=O)OC)ccc21. The molecule has 3 aromatic rings. The number of esters is 1. The maximum absolute atomic E-state index is 13.1. The number of hydrogen-bond donors (Lipinski definition) is 0. The van der Waals surface area contributed by atoms with Crippen LogP contribution < -0.4 is 4.80 Å². The van der Waals surface area contributed by atoms with Crippen molar-refractivity contribution in [2.24, 2.45) is 4.99 Å². The summed E-state index contributed by atoms with van der Waals surface area (Å²) in [5.74, 6) is -0.933. The molecule has 0 N–H and O–H groups in total. The van der Waals surface area contributed by atoms with Crippen LogP contribution in [0.5, 0.6) is 0 Å². The Kier molecular flexibility index (Phi) is 7.34. The Hall–Kier alpha value is -3.08. The van der Waals surface area contributed by atoms with Crippen LogP contribution in [0.15, 0.2) is 65.0 Å². The molecule has 2 aromatic carbocycles. The molecule has 0 aliphatic carbocycles. The molecule has 184 valence electrons. The van der Waals surface area contributed by atoms with Gasteiger partial charge in [0.1, 0.15) is 0 Å². The molecule has 1 saturated heterocycles. The first-order valence-corrected chi connectivity index (χ1v) is 13.6. The fraction of sp³-hybridized carbons (Fsp3) is 0.320. The van der Waals surface area contributed by atoms with Gasteiger partial charge < -0.3 is 9.30 Å². The fourth-order valence-electron chi connectivity index (χ4n) is 4.19. The van der Waals surface area contributed by atoms with Gasteiger partial charge in [-0.15, -0.1) is 6.58 Å². The van der Waals surface area contributed by atoms with E-state index in [9.17, 15) is 18.0 Å². The summed E-state index contributed by atoms with van der Waals surface area (Å²) < 4.78 is 35.1. The number of fused-ring (bicyclic) bond motifs is 1. The molecule has 1 aliphatic rings. The van der Waals surface area contributed by atoms with Gasteiger partial charge in [0, 0.05) is 24.7 Å². The van der Waals surface area contributed by atoms with Crippen LogP contribution in [0.4, 0.5) is 0 Å². The Balaban J connectivity index is 1.66. The zero-order chi connectivity index (χ0) is 25.2. The number of carbonyl (C=O) groups is 2. The van der Waals surface area contributed by atoms with Gasteiger partial charge in [0.05, 0.1) is 27.8 Å². The summed E-state index contributed by atoms with van der Waals surface area (Å²) >= 11 is 1.27. The number of sulfonamides is 1. The van der Waals surface area contributed by atoms with E-state index in [0.29, 0.717) is 23.5 Å². The van der Waals surface area contributed by atoms with E-state index < -0.39 is 21.9 Å². The van der Waals surface area contributed by atoms with E-state index in [-0.39, 0.29) is 16.5 Å². The summed E-state index contributed by atoms with van der Waals surface area (Å²) in [4.78, 5) is 29.8. The minimum absolute atomic E-state index is 0.0435. The summed E-state index contributed by atoms with van der Waals surface area (Å²) in [6.07, 6.45) is 4.41. The van der Waals surface area contributed by atoms with Crippen molar-refractivity contribution < 1.29 is 22.7 Å². The van der Waals surface area contributed by atoms with Crippen molar-refractivity contribution in [2.75, 3.05) is 13.7 Å². The maximum atomic E-state index is 13.1. The molecular formula is C25H27N3O5S2. The minimum atomic E-state index is -3.62. The lowest BCUT2D eigenvalue weighted by molar-refractivity contribution is 0.0600. The van der Waals surface area contributed by atoms with Gasteiger partial charge in [0.2, 0.25) is 10.0 Å². The molecule has 0 radical (unpaired) electrons. The van der Waals surface area contributed by atoms with Crippen LogP contribution in [0.2, 0.25) is 0 Å². The minimum Gasteiger partial charge on any atom is -0.465 e. The molecule has 4 rings (SSSR count). The number of nitrogens with zero attached hydrogens (tertiary/aromatic N) is 3. The molecule has 10 heteroatoms. The van der Waals surface area contributed by atoms with E-state index in [1.165, 1.54) is 47.0 Å². The lowest BCUT2D eigenvalue weighted by Gasteiger charge is -2.32. The zero-order valence-corrected chi connectivity index (χ0v) is 21.3. The smallest absolute Gasteiger partial charge is 0.337 e. The van der Waals surface area contributed by atoms with Crippen LogP contribution in [-0.4, -0.2) is 48.9 Å². The van der Waals surface area contributed by atoms with Gasteiger partial charge in [0.25, 0.3) is 5.91 Å². The van der Waals surface area contributed by atoms with Gasteiger partial charge in [-0.2, -0.15) is 9.30 Å². The van der Waals surface area contributed by atoms with Crippen molar-refractivity contribution in [1.82, 2.24) is 8.87 Å². The van der Waals surface area contributed by atoms with Gasteiger partial charge in [0.15, 0.2) is 4.80 Å². The third-order valence-corrected chi connectivity index (χ3v) is 9.13. The predicted molar refractivity (Wildman–Crippen MR) is 135 cm³/mol. The van der Waals surface area contributed by atoms with E-state index >= 15 is 0 Å². The number of ether oxygens (including phenoxy) is 1. The van der Waals surface area contributed by atoms with Crippen molar-refractivity contribution in [3.8, 4) is 0 Å². The lowest BCUT2D eigenvalue weighted by Crippen LogP contribution is -2.41. The number of allylic oxidation sites excluding steroid dienone is 1. The Morgan fingerprint density at radius 1 is 1.17 bits per heavy atom. The molecule has 1 aromatic heterocycles. The number of piperidine rings is 1. The second-order valence-electron chi connectivity index (χ2n) is 8.36. The fourth-order valence-corrected chi connectivity index (χ4v) is 6.97. The molecule has 2 heterocycles. The number of aromatic nitrogens is 1. The highest BCUT2D eigenvalue weighted by Gasteiger charge is 2.30. The van der Waals surface area contributed by atoms with E-state index in [4.69, 9.17) is 4.74 Å². The summed E-state index contributed by atoms with van der Waals surface area (Å²) in [6.45, 7) is 6.63. The number of carbonyl (C=O) groups excluding carboxylic acids is 2. The summed E-state index contributed by atoms with van der Waals surface area (Å²) in [5.41, 5.74) is 1.50. The van der Waals surface area contributed by atoms with Crippen LogP contribution in [0, 0.1) is 0 Å². The van der Waals surface area contributed by atoms with Crippen LogP contribution in [0.1, 0.15) is 46.9 Å². The van der Waals surface area contributed by atoms with Crippen LogP contribution in [0.25, 0.3) is 10.2 Å². The zero-order valence-electron chi connectivity index (χ0n) is 19.6. The highest BCUT2D eigenvalue weighted by Crippen LogP contribution is 2.25. The molecular weight excluding hydrogens is 486 g/mol. The van der Waals surface area contributed by atoms with E-state index in [1.807, 2.05) is 11.5 Å². The summed E-state index contributed by atoms with van der Waals surface area (Å²) in [6, 6.07) is 11.0. The van der Waals surface area contributed by atoms with E-state index in [0.717, 1.165) is 29.5 Å². The molecule has 1 atom stereocenters. The Morgan fingerprint density at radius 2 is 1.89 bits per heavy atom. The van der Waals surface area contributed by atoms with Crippen molar-refractivity contribution in [2.45, 2.75) is 43.7 Å². The van der Waals surface area contributed by atoms with Crippen molar-refractivity contribution in [1.29, 1.82) is 0 Å². The quantitative estimate of drug-likeness (QED) is 0.367. The average molecular weight is 514 g/mol. The molecule has 0 saturated carbocycles. The molecule has 1 fully saturated rings. The van der Waals surface area contributed by atoms with Crippen LogP contribution in [-0.2, 0) is 21.3 Å². The second-order valence-corrected chi connectivity index (χ2v) is 11.3. The normalized spacial score (nSPS) is 17.4. The summed E-state index contributed by atoms with van der Waals surface area (Å²) in [7, 11) is -2.30. The maximum Gasteiger partial charge on any atom is 0.337 e. The number of benzene rings is 2. The molecule has 0 spiro atoms. The van der Waals surface area contributed by atoms with Gasteiger partial charge >= 0.3 is 5.97 Å². The summed E-state index contributed by atoms with van der Waals surface area (Å²) in [5, 5.41) is 0. The van der Waals surface area contributed by atoms with Gasteiger partial charge in [-0.05, 0) is 62.2 Å². The number of amides is 1. The largest absolute Gasteiger partial charge is 0.465 e. The van der Waals surface area contributed by atoms with E-state index in [2.05, 4.69) is 11.6 Å². The topological polar surface area (TPSA) is 98.0 Å². The molecule has 1 unspecified atom stereocenters. The Morgan fingerprint density at radius 3 is 2.54 bits per heavy atom. The van der Waals surface area contributed by atoms with Gasteiger partial charge in [-0.25, -0.2) is 13.2 Å². The molecule has 8 nitrogen and oxygen atoms in total. The first-order valence-electron chi connectivity index (χ1n) is 11.3. The number of rotatable bonds is 6. The van der Waals surface area contributed by atoms with Crippen LogP contribution >= 0.6 is 11.3 Å². The standard InChI is InChI=1S/C25H27N3O5S2/c1-4-14-27-21-13-10-19(24(30)33-3)16-22(21)34-25(27)26-23(29)18-8-11-20(12-9-18)35(31,32)28-15-6-5-7-17(28)2/h4,8-13,16-17H,1,5-7,14-15H2,2-3H3. The highest BCUT2D eigenvalue weighted by molar-refractivity contribution is 7.89. The van der Waals surface area contributed by atoms with Crippen molar-refractivity contribution >= 4 is 43.5 Å². The number of hydrogen-bond acceptors (Lipinski definition) is 6. The second kappa shape index (κ2) is 10.3. The van der Waals surface area contributed by atoms with E-state index in [1.54, 1.807) is 24.3 Å². The van der Waals surface area contributed by atoms with Gasteiger partial charge in [-0.1, -0.05) is 23.8 Å². The average Bonchev–Trinajstić information content (AvgIpc) is 3.20. The first-order chi connectivity index (χ1) is 16.8. The third-order valence-electron chi connectivity index (χ3n) is 6.06. The van der Waals surface area contributed by atoms with Crippen molar-refractivity contribution in [3.05, 3.63) is 71.0 Å². The predicted octanol–water partition coefficient (Wildman–Crippen LogP) is 3.98. The van der Waals surface area contributed by atoms with Crippen molar-refractivity contribution in [3.63, 3.8) is 0 Å². The van der Waals surface area contributed by atoms with Crippen LogP contribution in [0.3, 0.4) is 0 Å². The molecule has 1 aliphatic heterocycles. The van der Waals surface area contributed by atoms with Gasteiger partial charge in [-0.3, -0.25) is 4.79 Å². The highest BCUT2D eigenvalue weighted by atomic mass is 32.2. The molecule has 0 bridgehead atoms. The Bertz CT molecular complexity index is 1450. The number of methoxy groups -OCH3 is 1. The third kappa shape index (κ3) is 5.00. The molecule has 35 heavy (non-hydrogen) atoms. The Labute approximate surface area is 208 Å². The molecule has 1 amide bonds. The number of thiazole rings is 1. The lowest BCUT2D eigenvalue weighted by atomic mass is 10.1. The monoisotopic (exact) mass is 513 g/mol. The first kappa shape index (κ1) is 25.0.